The summed E-state index contributed by atoms with van der Waals surface area (Å²) in [4.78, 5) is 45.3. The molecule has 0 bridgehead atoms. The highest BCUT2D eigenvalue weighted by molar-refractivity contribution is 7.99. The maximum Gasteiger partial charge on any atom is 0.308 e. The molecule has 1 atom stereocenters. The Morgan fingerprint density at radius 3 is 3.00 bits per heavy atom. The molecule has 0 spiro atoms. The van der Waals surface area contributed by atoms with E-state index in [9.17, 15) is 14.4 Å². The fraction of sp³-hybridized carbons (Fsp3) is 0.412. The number of fused-ring (bicyclic) bond motifs is 1. The summed E-state index contributed by atoms with van der Waals surface area (Å²) in [5, 5.41) is 3.32. The predicted octanol–water partition coefficient (Wildman–Crippen LogP) is 0.854. The molecule has 1 aromatic carbocycles. The van der Waals surface area contributed by atoms with E-state index < -0.39 is 12.0 Å². The highest BCUT2D eigenvalue weighted by Gasteiger charge is 2.34. The minimum absolute atomic E-state index is 0.129. The molecule has 0 aliphatic carbocycles. The monoisotopic (exact) mass is 376 g/mol. The van der Waals surface area contributed by atoms with Crippen LogP contribution in [0.1, 0.15) is 12.0 Å². The van der Waals surface area contributed by atoms with Crippen LogP contribution in [0.5, 0.6) is 0 Å². The first-order valence-electron chi connectivity index (χ1n) is 8.21. The Kier molecular flexibility index (Phi) is 5.46. The molecule has 0 saturated carbocycles. The molecule has 0 radical (unpaired) electrons. The Hall–Kier alpha value is -2.55. The summed E-state index contributed by atoms with van der Waals surface area (Å²) in [6.45, 7) is 2.74. The number of aromatic amines is 1. The Morgan fingerprint density at radius 1 is 1.42 bits per heavy atom. The lowest BCUT2D eigenvalue weighted by molar-refractivity contribution is -0.149. The number of nitrogens with zero attached hydrogens (tertiary/aromatic N) is 2. The SMILES string of the molecule is COC(=O)CC1C(=O)NCCN1C(=O)CSc1nc2ccc(C)cc2[nH]1. The van der Waals surface area contributed by atoms with Crippen LogP contribution in [0.25, 0.3) is 11.0 Å². The molecule has 1 aliphatic rings. The Bertz CT molecular complexity index is 850. The average Bonchev–Trinajstić information content (AvgIpc) is 3.03. The maximum atomic E-state index is 12.6. The van der Waals surface area contributed by atoms with Gasteiger partial charge in [-0.05, 0) is 24.6 Å². The number of aryl methyl sites for hydroxylation is 1. The van der Waals surface area contributed by atoms with E-state index in [-0.39, 0.29) is 24.0 Å². The molecule has 138 valence electrons. The third-order valence-electron chi connectivity index (χ3n) is 4.19. The van der Waals surface area contributed by atoms with Crippen LogP contribution in [0.4, 0.5) is 0 Å². The van der Waals surface area contributed by atoms with E-state index in [0.29, 0.717) is 18.2 Å². The number of carbonyl (C=O) groups is 3. The van der Waals surface area contributed by atoms with Gasteiger partial charge in [-0.2, -0.15) is 0 Å². The van der Waals surface area contributed by atoms with Crippen LogP contribution >= 0.6 is 11.8 Å². The largest absolute Gasteiger partial charge is 0.469 e. The lowest BCUT2D eigenvalue weighted by atomic mass is 10.1. The van der Waals surface area contributed by atoms with Crippen LogP contribution in [0.2, 0.25) is 0 Å². The third kappa shape index (κ3) is 3.98. The summed E-state index contributed by atoms with van der Waals surface area (Å²) >= 11 is 1.28. The first-order valence-corrected chi connectivity index (χ1v) is 9.19. The summed E-state index contributed by atoms with van der Waals surface area (Å²) in [5.74, 6) is -0.941. The molecule has 1 unspecified atom stereocenters. The maximum absolute atomic E-state index is 12.6. The van der Waals surface area contributed by atoms with Crippen molar-refractivity contribution in [1.29, 1.82) is 0 Å². The highest BCUT2D eigenvalue weighted by atomic mass is 32.2. The molecule has 2 heterocycles. The van der Waals surface area contributed by atoms with Gasteiger partial charge in [0, 0.05) is 13.1 Å². The van der Waals surface area contributed by atoms with Crippen LogP contribution in [0, 0.1) is 6.92 Å². The smallest absolute Gasteiger partial charge is 0.308 e. The second kappa shape index (κ2) is 7.77. The van der Waals surface area contributed by atoms with Crippen molar-refractivity contribution in [2.24, 2.45) is 0 Å². The molecule has 1 aliphatic heterocycles. The Balaban J connectivity index is 1.66. The molecule has 9 heteroatoms. The summed E-state index contributed by atoms with van der Waals surface area (Å²) < 4.78 is 4.62. The number of H-pyrrole nitrogens is 1. The van der Waals surface area contributed by atoms with Crippen LogP contribution in [-0.2, 0) is 19.1 Å². The number of piperazine rings is 1. The standard InChI is InChI=1S/C17H20N4O4S/c1-10-3-4-11-12(7-10)20-17(19-11)26-9-14(22)21-6-5-18-16(24)13(21)8-15(23)25-2/h3-4,7,13H,5-6,8-9H2,1-2H3,(H,18,24)(H,19,20). The van der Waals surface area contributed by atoms with E-state index in [4.69, 9.17) is 0 Å². The minimum atomic E-state index is -0.831. The zero-order chi connectivity index (χ0) is 18.7. The van der Waals surface area contributed by atoms with Crippen LogP contribution < -0.4 is 5.32 Å². The molecular formula is C17H20N4O4S. The number of ether oxygens (including phenoxy) is 1. The number of methoxy groups -OCH3 is 1. The van der Waals surface area contributed by atoms with Crippen molar-refractivity contribution in [1.82, 2.24) is 20.2 Å². The number of hydrogen-bond acceptors (Lipinski definition) is 6. The summed E-state index contributed by atoms with van der Waals surface area (Å²) in [5.41, 5.74) is 2.88. The Morgan fingerprint density at radius 2 is 2.23 bits per heavy atom. The van der Waals surface area contributed by atoms with E-state index in [1.165, 1.54) is 23.8 Å². The van der Waals surface area contributed by atoms with Gasteiger partial charge < -0.3 is 19.9 Å². The van der Waals surface area contributed by atoms with Crippen molar-refractivity contribution >= 4 is 40.6 Å². The van der Waals surface area contributed by atoms with Gasteiger partial charge in [-0.25, -0.2) is 4.98 Å². The molecule has 3 rings (SSSR count). The minimum Gasteiger partial charge on any atom is -0.469 e. The van der Waals surface area contributed by atoms with Crippen LogP contribution in [-0.4, -0.2) is 64.6 Å². The molecule has 26 heavy (non-hydrogen) atoms. The summed E-state index contributed by atoms with van der Waals surface area (Å²) in [7, 11) is 1.26. The van der Waals surface area contributed by atoms with Gasteiger partial charge in [0.05, 0.1) is 30.3 Å². The number of thioether (sulfide) groups is 1. The third-order valence-corrected chi connectivity index (χ3v) is 5.04. The van der Waals surface area contributed by atoms with Crippen molar-refractivity contribution in [3.8, 4) is 0 Å². The number of carbonyl (C=O) groups excluding carboxylic acids is 3. The topological polar surface area (TPSA) is 104 Å². The van der Waals surface area contributed by atoms with Gasteiger partial charge in [0.2, 0.25) is 11.8 Å². The van der Waals surface area contributed by atoms with Crippen LogP contribution in [0.15, 0.2) is 23.4 Å². The second-order valence-corrected chi connectivity index (χ2v) is 6.99. The van der Waals surface area contributed by atoms with Crippen LogP contribution in [0.3, 0.4) is 0 Å². The van der Waals surface area contributed by atoms with Crippen molar-refractivity contribution in [2.75, 3.05) is 26.0 Å². The molecule has 2 amide bonds. The van der Waals surface area contributed by atoms with Gasteiger partial charge in [-0.3, -0.25) is 14.4 Å². The van der Waals surface area contributed by atoms with Gasteiger partial charge in [-0.15, -0.1) is 0 Å². The summed E-state index contributed by atoms with van der Waals surface area (Å²) in [6.07, 6.45) is -0.150. The second-order valence-electron chi connectivity index (χ2n) is 6.03. The fourth-order valence-electron chi connectivity index (χ4n) is 2.84. The van der Waals surface area contributed by atoms with Crippen molar-refractivity contribution < 1.29 is 19.1 Å². The van der Waals surface area contributed by atoms with Gasteiger partial charge >= 0.3 is 5.97 Å². The molecule has 1 fully saturated rings. The highest BCUT2D eigenvalue weighted by Crippen LogP contribution is 2.21. The van der Waals surface area contributed by atoms with Gasteiger partial charge in [0.1, 0.15) is 6.04 Å². The molecule has 1 saturated heterocycles. The van der Waals surface area contributed by atoms with E-state index >= 15 is 0 Å². The van der Waals surface area contributed by atoms with E-state index in [2.05, 4.69) is 20.0 Å². The number of esters is 1. The fourth-order valence-corrected chi connectivity index (χ4v) is 3.61. The van der Waals surface area contributed by atoms with Gasteiger partial charge in [0.25, 0.3) is 0 Å². The van der Waals surface area contributed by atoms with Gasteiger partial charge in [0.15, 0.2) is 5.16 Å². The van der Waals surface area contributed by atoms with Crippen molar-refractivity contribution in [2.45, 2.75) is 24.5 Å². The number of benzene rings is 1. The van der Waals surface area contributed by atoms with Gasteiger partial charge in [-0.1, -0.05) is 17.8 Å². The van der Waals surface area contributed by atoms with E-state index in [0.717, 1.165) is 16.6 Å². The number of rotatable bonds is 5. The van der Waals surface area contributed by atoms with E-state index in [1.54, 1.807) is 0 Å². The number of imidazole rings is 1. The molecule has 8 nitrogen and oxygen atoms in total. The molecule has 2 aromatic rings. The lowest BCUT2D eigenvalue weighted by Crippen LogP contribution is -2.58. The lowest BCUT2D eigenvalue weighted by Gasteiger charge is -2.34. The van der Waals surface area contributed by atoms with Crippen molar-refractivity contribution in [3.63, 3.8) is 0 Å². The molecular weight excluding hydrogens is 356 g/mol. The number of aromatic nitrogens is 2. The number of amides is 2. The number of hydrogen-bond donors (Lipinski definition) is 2. The van der Waals surface area contributed by atoms with Crippen molar-refractivity contribution in [3.05, 3.63) is 23.8 Å². The van der Waals surface area contributed by atoms with E-state index in [1.807, 2.05) is 25.1 Å². The first-order chi connectivity index (χ1) is 12.5. The quantitative estimate of drug-likeness (QED) is 0.592. The molecule has 1 aromatic heterocycles. The zero-order valence-electron chi connectivity index (χ0n) is 14.6. The molecule has 2 N–H and O–H groups in total. The number of nitrogens with one attached hydrogen (secondary N) is 2. The zero-order valence-corrected chi connectivity index (χ0v) is 15.4. The Labute approximate surface area is 154 Å². The predicted molar refractivity (Wildman–Crippen MR) is 96.7 cm³/mol. The first kappa shape index (κ1) is 18.2. The average molecular weight is 376 g/mol. The summed E-state index contributed by atoms with van der Waals surface area (Å²) in [6, 6.07) is 5.07. The normalized spacial score (nSPS) is 17.2.